The quantitative estimate of drug-likeness (QED) is 0.260. The average Bonchev–Trinajstić information content (AvgIpc) is 1.96. The van der Waals surface area contributed by atoms with Crippen molar-refractivity contribution in [3.63, 3.8) is 0 Å². The van der Waals surface area contributed by atoms with E-state index in [0.29, 0.717) is 0 Å². The molecule has 0 amide bonds. The predicted molar refractivity (Wildman–Crippen MR) is 51.8 cm³/mol. The molecular formula is C6H12BNO9. The summed E-state index contributed by atoms with van der Waals surface area (Å²) in [7, 11) is -2.17. The van der Waals surface area contributed by atoms with Crippen molar-refractivity contribution in [1.82, 2.24) is 4.90 Å². The first kappa shape index (κ1) is 17.7. The fourth-order valence-electron chi connectivity index (χ4n) is 0.742. The lowest BCUT2D eigenvalue weighted by molar-refractivity contribution is -0.144. The zero-order valence-electron chi connectivity index (χ0n) is 8.55. The van der Waals surface area contributed by atoms with Crippen molar-refractivity contribution in [2.45, 2.75) is 0 Å². The number of rotatable bonds is 6. The van der Waals surface area contributed by atoms with Gasteiger partial charge in [0.2, 0.25) is 0 Å². The summed E-state index contributed by atoms with van der Waals surface area (Å²) in [6, 6.07) is 0. The van der Waals surface area contributed by atoms with Crippen LogP contribution in [0.4, 0.5) is 0 Å². The molecule has 0 aliphatic carbocycles. The summed E-state index contributed by atoms with van der Waals surface area (Å²) >= 11 is 0. The maximum absolute atomic E-state index is 10.1. The average molecular weight is 253 g/mol. The summed E-state index contributed by atoms with van der Waals surface area (Å²) in [5.41, 5.74) is 0. The highest BCUT2D eigenvalue weighted by atomic mass is 16.5. The summed E-state index contributed by atoms with van der Waals surface area (Å²) in [6.45, 7) is -1.80. The summed E-state index contributed by atoms with van der Waals surface area (Å²) in [5.74, 6) is -3.78. The second-order valence-electron chi connectivity index (χ2n) is 2.67. The zero-order chi connectivity index (χ0) is 14.0. The Morgan fingerprint density at radius 1 is 0.765 bits per heavy atom. The third kappa shape index (κ3) is 20.4. The number of nitrogens with zero attached hydrogens (tertiary/aromatic N) is 1. The summed E-state index contributed by atoms with van der Waals surface area (Å²) in [5, 5.41) is 46.3. The Kier molecular flexibility index (Phi) is 9.93. The van der Waals surface area contributed by atoms with Crippen molar-refractivity contribution in [1.29, 1.82) is 0 Å². The standard InChI is InChI=1S/C6H9NO6.BH3O3/c8-4(9)1-7(2-5(10)11)3-6(12)13;2-1(3)4/h1-3H2,(H,8,9)(H,10,11)(H,12,13);2-4H. The first-order valence-electron chi connectivity index (χ1n) is 4.07. The molecule has 0 bridgehead atoms. The van der Waals surface area contributed by atoms with E-state index in [4.69, 9.17) is 30.4 Å². The molecule has 0 atom stereocenters. The Hall–Kier alpha value is -1.69. The van der Waals surface area contributed by atoms with E-state index in [2.05, 4.69) is 0 Å². The second-order valence-corrected chi connectivity index (χ2v) is 2.67. The van der Waals surface area contributed by atoms with Crippen LogP contribution in [0.2, 0.25) is 0 Å². The van der Waals surface area contributed by atoms with Crippen molar-refractivity contribution in [2.75, 3.05) is 19.6 Å². The third-order valence-corrected chi connectivity index (χ3v) is 1.08. The predicted octanol–water partition coefficient (Wildman–Crippen LogP) is -3.51. The van der Waals surface area contributed by atoms with Crippen LogP contribution in [-0.2, 0) is 14.4 Å². The van der Waals surface area contributed by atoms with Gasteiger partial charge in [-0.1, -0.05) is 0 Å². The lowest BCUT2D eigenvalue weighted by Gasteiger charge is -2.14. The molecule has 0 aromatic rings. The number of carboxylic acids is 3. The first-order valence-corrected chi connectivity index (χ1v) is 4.07. The van der Waals surface area contributed by atoms with Gasteiger partial charge in [-0.15, -0.1) is 0 Å². The highest BCUT2D eigenvalue weighted by molar-refractivity contribution is 6.30. The van der Waals surface area contributed by atoms with E-state index in [-0.39, 0.29) is 0 Å². The smallest absolute Gasteiger partial charge is 0.480 e. The molecule has 0 spiro atoms. The first-order chi connectivity index (χ1) is 7.65. The highest BCUT2D eigenvalue weighted by Gasteiger charge is 2.15. The van der Waals surface area contributed by atoms with Crippen LogP contribution < -0.4 is 0 Å². The van der Waals surface area contributed by atoms with E-state index >= 15 is 0 Å². The van der Waals surface area contributed by atoms with Crippen LogP contribution in [0.3, 0.4) is 0 Å². The molecule has 6 N–H and O–H groups in total. The van der Waals surface area contributed by atoms with Gasteiger partial charge in [-0.05, 0) is 0 Å². The van der Waals surface area contributed by atoms with Gasteiger partial charge in [0.1, 0.15) is 0 Å². The lowest BCUT2D eigenvalue weighted by Crippen LogP contribution is -2.38. The Balaban J connectivity index is 0. The van der Waals surface area contributed by atoms with Crippen LogP contribution in [0.15, 0.2) is 0 Å². The number of carboxylic acid groups (broad SMARTS) is 3. The van der Waals surface area contributed by atoms with Crippen molar-refractivity contribution in [3.8, 4) is 0 Å². The minimum Gasteiger partial charge on any atom is -0.480 e. The molecule has 0 rings (SSSR count). The van der Waals surface area contributed by atoms with Crippen molar-refractivity contribution >= 4 is 25.2 Å². The van der Waals surface area contributed by atoms with Gasteiger partial charge in [-0.3, -0.25) is 19.3 Å². The van der Waals surface area contributed by atoms with Gasteiger partial charge < -0.3 is 30.4 Å². The largest absolute Gasteiger partial charge is 0.631 e. The molecule has 0 aliphatic heterocycles. The zero-order valence-corrected chi connectivity index (χ0v) is 8.55. The van der Waals surface area contributed by atoms with Crippen LogP contribution in [-0.4, -0.2) is 80.2 Å². The van der Waals surface area contributed by atoms with E-state index < -0.39 is 44.9 Å². The normalized spacial score (nSPS) is 9.18. The molecule has 11 heteroatoms. The minimum atomic E-state index is -2.17. The summed E-state index contributed by atoms with van der Waals surface area (Å²) < 4.78 is 0. The van der Waals surface area contributed by atoms with Gasteiger partial charge in [0.15, 0.2) is 0 Å². The summed E-state index contributed by atoms with van der Waals surface area (Å²) in [4.78, 5) is 31.2. The number of hydrogen-bond donors (Lipinski definition) is 6. The van der Waals surface area contributed by atoms with Gasteiger partial charge in [-0.2, -0.15) is 0 Å². The van der Waals surface area contributed by atoms with Crippen LogP contribution in [0.25, 0.3) is 0 Å². The highest BCUT2D eigenvalue weighted by Crippen LogP contribution is 1.87. The number of aliphatic carboxylic acids is 3. The maximum atomic E-state index is 10.1. The van der Waals surface area contributed by atoms with Gasteiger partial charge in [0.05, 0.1) is 19.6 Å². The van der Waals surface area contributed by atoms with E-state index in [1.165, 1.54) is 0 Å². The third-order valence-electron chi connectivity index (χ3n) is 1.08. The molecule has 0 unspecified atom stereocenters. The number of hydrogen-bond acceptors (Lipinski definition) is 7. The molecule has 0 heterocycles. The monoisotopic (exact) mass is 253 g/mol. The number of carbonyl (C=O) groups is 3. The molecule has 0 fully saturated rings. The van der Waals surface area contributed by atoms with Crippen molar-refractivity contribution in [2.24, 2.45) is 0 Å². The Bertz CT molecular complexity index is 227. The topological polar surface area (TPSA) is 176 Å². The molecule has 17 heavy (non-hydrogen) atoms. The van der Waals surface area contributed by atoms with E-state index in [1.54, 1.807) is 0 Å². The second kappa shape index (κ2) is 9.53. The van der Waals surface area contributed by atoms with Crippen molar-refractivity contribution in [3.05, 3.63) is 0 Å². The lowest BCUT2D eigenvalue weighted by atomic mass is 10.3. The van der Waals surface area contributed by atoms with Gasteiger partial charge in [0.25, 0.3) is 0 Å². The van der Waals surface area contributed by atoms with E-state index in [0.717, 1.165) is 4.90 Å². The Morgan fingerprint density at radius 2 is 0.941 bits per heavy atom. The van der Waals surface area contributed by atoms with E-state index in [1.807, 2.05) is 0 Å². The molecule has 0 aromatic heterocycles. The molecule has 0 saturated heterocycles. The van der Waals surface area contributed by atoms with Crippen LogP contribution >= 0.6 is 0 Å². The maximum Gasteiger partial charge on any atom is 0.631 e. The molecule has 0 aliphatic rings. The molecule has 0 saturated carbocycles. The van der Waals surface area contributed by atoms with Gasteiger partial charge in [-0.25, -0.2) is 0 Å². The fraction of sp³-hybridized carbons (Fsp3) is 0.500. The molecule has 0 radical (unpaired) electrons. The van der Waals surface area contributed by atoms with Crippen LogP contribution in [0.1, 0.15) is 0 Å². The fourth-order valence-corrected chi connectivity index (χ4v) is 0.742. The molecule has 10 nitrogen and oxygen atoms in total. The van der Waals surface area contributed by atoms with Crippen LogP contribution in [0, 0.1) is 0 Å². The Morgan fingerprint density at radius 3 is 1.06 bits per heavy atom. The SMILES string of the molecule is O=C(O)CN(CC(=O)O)CC(=O)O.OB(O)O. The van der Waals surface area contributed by atoms with E-state index in [9.17, 15) is 14.4 Å². The Labute approximate surface area is 95.5 Å². The summed E-state index contributed by atoms with van der Waals surface area (Å²) in [6.07, 6.45) is 0. The van der Waals surface area contributed by atoms with Crippen molar-refractivity contribution < 1.29 is 44.8 Å². The van der Waals surface area contributed by atoms with Crippen LogP contribution in [0.5, 0.6) is 0 Å². The molecule has 0 aromatic carbocycles. The molecule has 98 valence electrons. The minimum absolute atomic E-state index is 0.599. The molecular weight excluding hydrogens is 241 g/mol. The van der Waals surface area contributed by atoms with Gasteiger partial charge >= 0.3 is 25.2 Å². The van der Waals surface area contributed by atoms with Gasteiger partial charge in [0, 0.05) is 0 Å².